The number of benzene rings is 2. The SMILES string of the molecule is N#CC(C#N)=NNc1ccc(C(=O)Nc2ccc(C(N)=O)cc2)cc1. The molecule has 2 aromatic carbocycles. The third-order valence-corrected chi connectivity index (χ3v) is 3.08. The number of carbonyl (C=O) groups excluding carboxylic acids is 2. The van der Waals surface area contributed by atoms with Crippen LogP contribution >= 0.6 is 0 Å². The first-order valence-corrected chi connectivity index (χ1v) is 6.98. The molecule has 2 rings (SSSR count). The summed E-state index contributed by atoms with van der Waals surface area (Å²) in [6.07, 6.45) is 0. The third kappa shape index (κ3) is 4.65. The van der Waals surface area contributed by atoms with Gasteiger partial charge in [-0.25, -0.2) is 0 Å². The van der Waals surface area contributed by atoms with E-state index >= 15 is 0 Å². The van der Waals surface area contributed by atoms with Crippen molar-refractivity contribution in [3.8, 4) is 12.1 Å². The summed E-state index contributed by atoms with van der Waals surface area (Å²) >= 11 is 0. The Morgan fingerprint density at radius 1 is 0.880 bits per heavy atom. The minimum absolute atomic E-state index is 0.304. The van der Waals surface area contributed by atoms with E-state index in [1.807, 2.05) is 0 Å². The van der Waals surface area contributed by atoms with Crippen LogP contribution in [0.3, 0.4) is 0 Å². The second-order valence-electron chi connectivity index (χ2n) is 4.77. The third-order valence-electron chi connectivity index (χ3n) is 3.08. The van der Waals surface area contributed by atoms with Crippen molar-refractivity contribution in [1.29, 1.82) is 10.5 Å². The number of nitrogens with one attached hydrogen (secondary N) is 2. The summed E-state index contributed by atoms with van der Waals surface area (Å²) in [6.45, 7) is 0. The average molecular weight is 332 g/mol. The van der Waals surface area contributed by atoms with Crippen molar-refractivity contribution >= 4 is 28.9 Å². The minimum Gasteiger partial charge on any atom is -0.366 e. The van der Waals surface area contributed by atoms with Gasteiger partial charge in [0.15, 0.2) is 0 Å². The highest BCUT2D eigenvalue weighted by Gasteiger charge is 2.07. The number of hydrogen-bond acceptors (Lipinski definition) is 6. The second kappa shape index (κ2) is 7.90. The lowest BCUT2D eigenvalue weighted by Gasteiger charge is -2.06. The van der Waals surface area contributed by atoms with Crippen LogP contribution in [0, 0.1) is 22.7 Å². The predicted molar refractivity (Wildman–Crippen MR) is 91.6 cm³/mol. The van der Waals surface area contributed by atoms with Gasteiger partial charge in [0.2, 0.25) is 11.6 Å². The van der Waals surface area contributed by atoms with Gasteiger partial charge in [-0.3, -0.25) is 15.0 Å². The number of carbonyl (C=O) groups is 2. The molecule has 0 aromatic heterocycles. The molecule has 8 nitrogen and oxygen atoms in total. The number of amides is 2. The van der Waals surface area contributed by atoms with Gasteiger partial charge in [0.25, 0.3) is 5.91 Å². The summed E-state index contributed by atoms with van der Waals surface area (Å²) in [5, 5.41) is 23.5. The fraction of sp³-hybridized carbons (Fsp3) is 0. The summed E-state index contributed by atoms with van der Waals surface area (Å²) in [7, 11) is 0. The number of anilines is 2. The van der Waals surface area contributed by atoms with Crippen LogP contribution in [-0.4, -0.2) is 17.5 Å². The molecule has 122 valence electrons. The zero-order valence-electron chi connectivity index (χ0n) is 12.9. The van der Waals surface area contributed by atoms with E-state index in [2.05, 4.69) is 15.8 Å². The first-order valence-electron chi connectivity index (χ1n) is 6.98. The zero-order valence-corrected chi connectivity index (χ0v) is 12.9. The molecular formula is C17H12N6O2. The van der Waals surface area contributed by atoms with Crippen molar-refractivity contribution in [3.05, 3.63) is 59.7 Å². The van der Waals surface area contributed by atoms with Crippen LogP contribution in [-0.2, 0) is 0 Å². The van der Waals surface area contributed by atoms with E-state index in [4.69, 9.17) is 16.3 Å². The predicted octanol–water partition coefficient (Wildman–Crippen LogP) is 1.85. The minimum atomic E-state index is -0.542. The van der Waals surface area contributed by atoms with Gasteiger partial charge in [0.1, 0.15) is 12.1 Å². The molecule has 0 spiro atoms. The smallest absolute Gasteiger partial charge is 0.255 e. The van der Waals surface area contributed by atoms with Gasteiger partial charge in [-0.1, -0.05) is 0 Å². The number of hydrazone groups is 1. The Morgan fingerprint density at radius 3 is 1.92 bits per heavy atom. The second-order valence-corrected chi connectivity index (χ2v) is 4.77. The van der Waals surface area contributed by atoms with Crippen LogP contribution in [0.25, 0.3) is 0 Å². The van der Waals surface area contributed by atoms with Crippen molar-refractivity contribution in [3.63, 3.8) is 0 Å². The van der Waals surface area contributed by atoms with Gasteiger partial charge in [0.05, 0.1) is 5.69 Å². The maximum Gasteiger partial charge on any atom is 0.255 e. The highest BCUT2D eigenvalue weighted by Crippen LogP contribution is 2.13. The quantitative estimate of drug-likeness (QED) is 0.565. The van der Waals surface area contributed by atoms with Gasteiger partial charge < -0.3 is 11.1 Å². The van der Waals surface area contributed by atoms with Crippen molar-refractivity contribution in [2.75, 3.05) is 10.7 Å². The maximum absolute atomic E-state index is 12.2. The number of nitrogens with zero attached hydrogens (tertiary/aromatic N) is 3. The van der Waals surface area contributed by atoms with Crippen LogP contribution in [0.4, 0.5) is 11.4 Å². The molecule has 0 radical (unpaired) electrons. The van der Waals surface area contributed by atoms with E-state index in [9.17, 15) is 9.59 Å². The summed E-state index contributed by atoms with van der Waals surface area (Å²) in [4.78, 5) is 23.2. The average Bonchev–Trinajstić information content (AvgIpc) is 2.63. The topological polar surface area (TPSA) is 144 Å². The highest BCUT2D eigenvalue weighted by atomic mass is 16.2. The molecule has 0 unspecified atom stereocenters. The van der Waals surface area contributed by atoms with E-state index in [1.54, 1.807) is 48.5 Å². The Bertz CT molecular complexity index is 886. The molecule has 4 N–H and O–H groups in total. The lowest BCUT2D eigenvalue weighted by molar-refractivity contribution is 0.0998. The van der Waals surface area contributed by atoms with E-state index in [-0.39, 0.29) is 11.6 Å². The Morgan fingerprint density at radius 2 is 1.40 bits per heavy atom. The van der Waals surface area contributed by atoms with Gasteiger partial charge in [-0.15, -0.1) is 0 Å². The molecule has 0 aliphatic carbocycles. The lowest BCUT2D eigenvalue weighted by atomic mass is 10.1. The number of primary amides is 1. The van der Waals surface area contributed by atoms with Crippen molar-refractivity contribution in [2.24, 2.45) is 10.8 Å². The van der Waals surface area contributed by atoms with E-state index < -0.39 is 5.91 Å². The van der Waals surface area contributed by atoms with Crippen LogP contribution in [0.2, 0.25) is 0 Å². The monoisotopic (exact) mass is 332 g/mol. The Balaban J connectivity index is 2.03. The highest BCUT2D eigenvalue weighted by molar-refractivity contribution is 6.10. The van der Waals surface area contributed by atoms with Crippen LogP contribution in [0.5, 0.6) is 0 Å². The van der Waals surface area contributed by atoms with Gasteiger partial charge >= 0.3 is 0 Å². The molecule has 0 bridgehead atoms. The van der Waals surface area contributed by atoms with Gasteiger partial charge in [-0.05, 0) is 48.5 Å². The molecule has 8 heteroatoms. The van der Waals surface area contributed by atoms with Crippen molar-refractivity contribution in [2.45, 2.75) is 0 Å². The van der Waals surface area contributed by atoms with Gasteiger partial charge in [0, 0.05) is 16.8 Å². The number of hydrogen-bond donors (Lipinski definition) is 3. The number of rotatable bonds is 5. The largest absolute Gasteiger partial charge is 0.366 e. The van der Waals surface area contributed by atoms with Crippen LogP contribution in [0.15, 0.2) is 53.6 Å². The molecule has 0 aliphatic heterocycles. The van der Waals surface area contributed by atoms with E-state index in [0.29, 0.717) is 22.5 Å². The number of nitriles is 2. The summed E-state index contributed by atoms with van der Waals surface area (Å²) < 4.78 is 0. The first kappa shape index (κ1) is 17.2. The fourth-order valence-corrected chi connectivity index (χ4v) is 1.81. The van der Waals surface area contributed by atoms with E-state index in [0.717, 1.165) is 0 Å². The summed E-state index contributed by atoms with van der Waals surface area (Å²) in [5.41, 5.74) is 9.19. The molecule has 25 heavy (non-hydrogen) atoms. The molecule has 0 saturated heterocycles. The Kier molecular flexibility index (Phi) is 5.43. The zero-order chi connectivity index (χ0) is 18.2. The molecule has 0 aliphatic rings. The summed E-state index contributed by atoms with van der Waals surface area (Å²) in [6, 6.07) is 15.7. The molecule has 0 heterocycles. The molecule has 2 aromatic rings. The molecular weight excluding hydrogens is 320 g/mol. The molecule has 0 fully saturated rings. The van der Waals surface area contributed by atoms with Crippen LogP contribution < -0.4 is 16.5 Å². The van der Waals surface area contributed by atoms with Crippen molar-refractivity contribution in [1.82, 2.24) is 0 Å². The normalized spacial score (nSPS) is 9.20. The Labute approximate surface area is 143 Å². The molecule has 0 atom stereocenters. The van der Waals surface area contributed by atoms with E-state index in [1.165, 1.54) is 12.1 Å². The molecule has 2 amide bonds. The number of nitrogens with two attached hydrogens (primary N) is 1. The fourth-order valence-electron chi connectivity index (χ4n) is 1.81. The standard InChI is InChI=1S/C17H12N6O2/c18-9-15(10-19)23-22-14-7-3-12(4-8-14)17(25)21-13-5-1-11(2-6-13)16(20)24/h1-8,22H,(H2,20,24)(H,21,25). The lowest BCUT2D eigenvalue weighted by Crippen LogP contribution is -2.13. The molecule has 0 saturated carbocycles. The summed E-state index contributed by atoms with van der Waals surface area (Å²) in [5.74, 6) is -0.879. The first-order chi connectivity index (χ1) is 12.0. The maximum atomic E-state index is 12.2. The van der Waals surface area contributed by atoms with Gasteiger partial charge in [-0.2, -0.15) is 15.6 Å². The van der Waals surface area contributed by atoms with Crippen LogP contribution in [0.1, 0.15) is 20.7 Å². The van der Waals surface area contributed by atoms with Crippen molar-refractivity contribution < 1.29 is 9.59 Å². The Hall–Kier alpha value is -4.17.